The number of hydrogen-bond acceptors (Lipinski definition) is 7. The summed E-state index contributed by atoms with van der Waals surface area (Å²) in [6, 6.07) is 12.1. The molecule has 0 atom stereocenters. The van der Waals surface area contributed by atoms with Crippen molar-refractivity contribution in [3.63, 3.8) is 0 Å². The third kappa shape index (κ3) is 3.85. The summed E-state index contributed by atoms with van der Waals surface area (Å²) in [6.07, 6.45) is 1.73. The molecular formula is C26H28N6O2. The number of rotatable bonds is 7. The van der Waals surface area contributed by atoms with Crippen molar-refractivity contribution in [3.05, 3.63) is 59.7 Å². The van der Waals surface area contributed by atoms with E-state index in [1.54, 1.807) is 6.20 Å². The van der Waals surface area contributed by atoms with E-state index in [-0.39, 0.29) is 6.04 Å². The Kier molecular flexibility index (Phi) is 5.65. The molecule has 0 spiro atoms. The first-order valence-electron chi connectivity index (χ1n) is 11.5. The first-order valence-corrected chi connectivity index (χ1v) is 11.5. The zero-order valence-electron chi connectivity index (χ0n) is 20.1. The van der Waals surface area contributed by atoms with Gasteiger partial charge < -0.3 is 14.5 Å². The average molecular weight is 457 g/mol. The third-order valence-corrected chi connectivity index (χ3v) is 5.72. The highest BCUT2D eigenvalue weighted by Crippen LogP contribution is 2.35. The Morgan fingerprint density at radius 2 is 1.94 bits per heavy atom. The van der Waals surface area contributed by atoms with E-state index < -0.39 is 0 Å². The van der Waals surface area contributed by atoms with Crippen molar-refractivity contribution in [3.8, 4) is 17.1 Å². The summed E-state index contributed by atoms with van der Waals surface area (Å²) in [7, 11) is 0. The molecule has 1 N–H and O–H groups in total. The van der Waals surface area contributed by atoms with E-state index in [0.717, 1.165) is 50.3 Å². The van der Waals surface area contributed by atoms with Gasteiger partial charge in [-0.1, -0.05) is 12.1 Å². The molecule has 0 radical (unpaired) electrons. The Labute approximate surface area is 198 Å². The molecule has 1 aromatic carbocycles. The summed E-state index contributed by atoms with van der Waals surface area (Å²) in [5.41, 5.74) is 8.01. The van der Waals surface area contributed by atoms with Crippen molar-refractivity contribution in [2.45, 2.75) is 47.2 Å². The van der Waals surface area contributed by atoms with Gasteiger partial charge in [0, 0.05) is 31.3 Å². The van der Waals surface area contributed by atoms with Gasteiger partial charge in [0.15, 0.2) is 11.5 Å². The Bertz CT molecular complexity index is 1480. The lowest BCUT2D eigenvalue weighted by Gasteiger charge is -2.15. The van der Waals surface area contributed by atoms with Crippen LogP contribution in [-0.4, -0.2) is 31.3 Å². The van der Waals surface area contributed by atoms with E-state index >= 15 is 0 Å². The SMILES string of the molecule is CCOc1ncccc1-c1cc(NCc2cccc3oc(C)nc23)c2c(n1)c(C)nn2C(C)C. The average Bonchev–Trinajstić information content (AvgIpc) is 3.37. The van der Waals surface area contributed by atoms with Crippen molar-refractivity contribution < 1.29 is 9.15 Å². The zero-order valence-corrected chi connectivity index (χ0v) is 20.1. The monoisotopic (exact) mass is 456 g/mol. The van der Waals surface area contributed by atoms with Crippen molar-refractivity contribution in [1.29, 1.82) is 0 Å². The van der Waals surface area contributed by atoms with Crippen LogP contribution in [0.1, 0.15) is 44.0 Å². The van der Waals surface area contributed by atoms with Gasteiger partial charge in [0.05, 0.1) is 29.2 Å². The molecule has 0 aliphatic heterocycles. The summed E-state index contributed by atoms with van der Waals surface area (Å²) in [5, 5.41) is 8.42. The topological polar surface area (TPSA) is 90.9 Å². The molecule has 8 nitrogen and oxygen atoms in total. The molecule has 8 heteroatoms. The largest absolute Gasteiger partial charge is 0.477 e. The van der Waals surface area contributed by atoms with Gasteiger partial charge in [0.1, 0.15) is 16.6 Å². The predicted octanol–water partition coefficient (Wildman–Crippen LogP) is 5.84. The van der Waals surface area contributed by atoms with Gasteiger partial charge in [-0.05, 0) is 52.0 Å². The fraction of sp³-hybridized carbons (Fsp3) is 0.308. The third-order valence-electron chi connectivity index (χ3n) is 5.72. The minimum atomic E-state index is 0.184. The number of para-hydroxylation sites is 1. The normalized spacial score (nSPS) is 11.6. The Morgan fingerprint density at radius 3 is 2.74 bits per heavy atom. The summed E-state index contributed by atoms with van der Waals surface area (Å²) >= 11 is 0. The number of ether oxygens (including phenoxy) is 1. The molecular weight excluding hydrogens is 428 g/mol. The molecule has 0 amide bonds. The Balaban J connectivity index is 1.64. The molecule has 0 unspecified atom stereocenters. The van der Waals surface area contributed by atoms with Gasteiger partial charge in [-0.15, -0.1) is 0 Å². The number of fused-ring (bicyclic) bond motifs is 2. The maximum atomic E-state index is 5.79. The second-order valence-electron chi connectivity index (χ2n) is 8.52. The van der Waals surface area contributed by atoms with E-state index in [1.165, 1.54) is 0 Å². The van der Waals surface area contributed by atoms with Crippen LogP contribution in [0.2, 0.25) is 0 Å². The van der Waals surface area contributed by atoms with Crippen LogP contribution in [-0.2, 0) is 6.54 Å². The molecule has 0 saturated heterocycles. The van der Waals surface area contributed by atoms with Gasteiger partial charge in [-0.2, -0.15) is 5.10 Å². The molecule has 0 fully saturated rings. The summed E-state index contributed by atoms with van der Waals surface area (Å²) in [4.78, 5) is 14.0. The minimum absolute atomic E-state index is 0.184. The number of pyridine rings is 2. The highest BCUT2D eigenvalue weighted by atomic mass is 16.5. The second kappa shape index (κ2) is 8.78. The van der Waals surface area contributed by atoms with Gasteiger partial charge >= 0.3 is 0 Å². The lowest BCUT2D eigenvalue weighted by Crippen LogP contribution is -2.07. The lowest BCUT2D eigenvalue weighted by atomic mass is 10.1. The molecule has 0 saturated carbocycles. The van der Waals surface area contributed by atoms with E-state index in [9.17, 15) is 0 Å². The number of aryl methyl sites for hydroxylation is 2. The van der Waals surface area contributed by atoms with E-state index in [2.05, 4.69) is 41.3 Å². The van der Waals surface area contributed by atoms with Crippen LogP contribution in [0.25, 0.3) is 33.4 Å². The van der Waals surface area contributed by atoms with Crippen molar-refractivity contribution in [1.82, 2.24) is 24.7 Å². The molecule has 5 aromatic rings. The van der Waals surface area contributed by atoms with Crippen LogP contribution < -0.4 is 10.1 Å². The highest BCUT2D eigenvalue weighted by molar-refractivity contribution is 5.93. The predicted molar refractivity (Wildman–Crippen MR) is 133 cm³/mol. The number of nitrogens with one attached hydrogen (secondary N) is 1. The van der Waals surface area contributed by atoms with Gasteiger partial charge in [-0.3, -0.25) is 4.68 Å². The van der Waals surface area contributed by atoms with Crippen LogP contribution in [0.3, 0.4) is 0 Å². The van der Waals surface area contributed by atoms with E-state index in [4.69, 9.17) is 19.2 Å². The minimum Gasteiger partial charge on any atom is -0.477 e. The molecule has 0 aliphatic rings. The zero-order chi connectivity index (χ0) is 23.8. The fourth-order valence-electron chi connectivity index (χ4n) is 4.21. The van der Waals surface area contributed by atoms with Crippen molar-refractivity contribution in [2.75, 3.05) is 11.9 Å². The molecule has 174 valence electrons. The van der Waals surface area contributed by atoms with Gasteiger partial charge in [0.25, 0.3) is 0 Å². The second-order valence-corrected chi connectivity index (χ2v) is 8.52. The standard InChI is InChI=1S/C26H28N6O2/c1-6-33-26-19(10-8-12-27-26)20-13-21(25-23(30-20)16(4)31-32(25)15(2)3)28-14-18-9-7-11-22-24(18)29-17(5)34-22/h7-13,15H,6,14H2,1-5H3,(H,28,30). The summed E-state index contributed by atoms with van der Waals surface area (Å²) in [6.45, 7) is 11.2. The van der Waals surface area contributed by atoms with E-state index in [1.807, 2.05) is 49.7 Å². The number of anilines is 1. The molecule has 0 aliphatic carbocycles. The first kappa shape index (κ1) is 21.9. The Hall–Kier alpha value is -3.94. The van der Waals surface area contributed by atoms with Crippen LogP contribution in [0, 0.1) is 13.8 Å². The highest BCUT2D eigenvalue weighted by Gasteiger charge is 2.19. The molecule has 34 heavy (non-hydrogen) atoms. The molecule has 4 heterocycles. The van der Waals surface area contributed by atoms with Crippen LogP contribution in [0.4, 0.5) is 5.69 Å². The van der Waals surface area contributed by atoms with E-state index in [0.29, 0.717) is 24.9 Å². The number of nitrogens with zero attached hydrogens (tertiary/aromatic N) is 5. The molecule has 5 rings (SSSR count). The van der Waals surface area contributed by atoms with Crippen LogP contribution >= 0.6 is 0 Å². The molecule has 4 aromatic heterocycles. The fourth-order valence-corrected chi connectivity index (χ4v) is 4.21. The maximum absolute atomic E-state index is 5.79. The first-order chi connectivity index (χ1) is 16.5. The number of hydrogen-bond donors (Lipinski definition) is 1. The number of benzene rings is 1. The lowest BCUT2D eigenvalue weighted by molar-refractivity contribution is 0.328. The van der Waals surface area contributed by atoms with Gasteiger partial charge in [0.2, 0.25) is 5.88 Å². The van der Waals surface area contributed by atoms with Crippen LogP contribution in [0.15, 0.2) is 47.0 Å². The summed E-state index contributed by atoms with van der Waals surface area (Å²) < 4.78 is 13.5. The van der Waals surface area contributed by atoms with Gasteiger partial charge in [-0.25, -0.2) is 15.0 Å². The maximum Gasteiger partial charge on any atom is 0.222 e. The number of oxazole rings is 1. The Morgan fingerprint density at radius 1 is 1.09 bits per heavy atom. The van der Waals surface area contributed by atoms with Crippen LogP contribution in [0.5, 0.6) is 5.88 Å². The molecule has 0 bridgehead atoms. The smallest absolute Gasteiger partial charge is 0.222 e. The summed E-state index contributed by atoms with van der Waals surface area (Å²) in [5.74, 6) is 1.23. The van der Waals surface area contributed by atoms with Crippen molar-refractivity contribution >= 4 is 27.8 Å². The van der Waals surface area contributed by atoms with Crippen molar-refractivity contribution in [2.24, 2.45) is 0 Å². The number of aromatic nitrogens is 5. The quantitative estimate of drug-likeness (QED) is 0.329.